The molecular weight excluding hydrogens is 726 g/mol. The quantitative estimate of drug-likeness (QED) is 0.169. The van der Waals surface area contributed by atoms with Gasteiger partial charge in [0.15, 0.2) is 17.3 Å². The van der Waals surface area contributed by atoms with Gasteiger partial charge in [0.2, 0.25) is 5.91 Å². The van der Waals surface area contributed by atoms with Crippen LogP contribution in [0.5, 0.6) is 11.5 Å². The SMILES string of the molecule is Cc1nc2c(F)c(-c3cccc(Cl)c3Cl)c(CCC#N)cc2c2c1cc([C@H]1C[C@H](Oc3cncc4c3OCCC4)CN1C(=O)C1CC1)n2[C@H]1[C@H]2CN[C@@H]1C2. The molecule has 1 N–H and O–H groups in total. The minimum Gasteiger partial charge on any atom is -0.489 e. The number of pyridine rings is 2. The highest BCUT2D eigenvalue weighted by atomic mass is 35.5. The molecule has 12 heteroatoms. The third-order valence-corrected chi connectivity index (χ3v) is 13.1. The number of nitrogens with zero attached hydrogens (tertiary/aromatic N) is 5. The largest absolute Gasteiger partial charge is 0.489 e. The second-order valence-corrected chi connectivity index (χ2v) is 16.4. The molecule has 2 aliphatic carbocycles. The number of hydrogen-bond acceptors (Lipinski definition) is 7. The molecule has 7 heterocycles. The van der Waals surface area contributed by atoms with Gasteiger partial charge in [-0.15, -0.1) is 0 Å². The van der Waals surface area contributed by atoms with E-state index in [0.29, 0.717) is 70.5 Å². The number of nitriles is 1. The van der Waals surface area contributed by atoms with Crippen molar-refractivity contribution in [3.05, 3.63) is 81.1 Å². The first-order valence-electron chi connectivity index (χ1n) is 19.1. The zero-order valence-electron chi connectivity index (χ0n) is 29.9. The van der Waals surface area contributed by atoms with Gasteiger partial charge in [0.05, 0.1) is 53.1 Å². The molecule has 3 saturated heterocycles. The number of rotatable bonds is 8. The van der Waals surface area contributed by atoms with Crippen LogP contribution in [0.25, 0.3) is 32.9 Å². The second-order valence-electron chi connectivity index (χ2n) is 15.6. The highest BCUT2D eigenvalue weighted by Crippen LogP contribution is 2.51. The second kappa shape index (κ2) is 13.1. The molecule has 276 valence electrons. The molecule has 1 amide bonds. The maximum absolute atomic E-state index is 17.3. The first kappa shape index (κ1) is 34.1. The molecule has 5 fully saturated rings. The summed E-state index contributed by atoms with van der Waals surface area (Å²) in [6, 6.07) is 11.8. The van der Waals surface area contributed by atoms with Crippen LogP contribution in [-0.4, -0.2) is 57.2 Å². The number of carbonyl (C=O) groups is 1. The Bertz CT molecular complexity index is 2410. The van der Waals surface area contributed by atoms with Crippen LogP contribution in [0.1, 0.15) is 73.1 Å². The van der Waals surface area contributed by atoms with Crippen LogP contribution in [0.2, 0.25) is 10.0 Å². The number of nitrogens with one attached hydrogen (secondary N) is 1. The minimum atomic E-state index is -0.486. The van der Waals surface area contributed by atoms with E-state index in [-0.39, 0.29) is 53.0 Å². The predicted molar refractivity (Wildman–Crippen MR) is 205 cm³/mol. The van der Waals surface area contributed by atoms with Crippen LogP contribution in [0.3, 0.4) is 0 Å². The topological polar surface area (TPSA) is 105 Å². The van der Waals surface area contributed by atoms with Crippen molar-refractivity contribution in [3.63, 3.8) is 0 Å². The van der Waals surface area contributed by atoms with E-state index in [1.54, 1.807) is 24.4 Å². The fraction of sp³-hybridized carbons (Fsp3) is 0.429. The number of likely N-dealkylation sites (tertiary alicyclic amines) is 1. The van der Waals surface area contributed by atoms with Gasteiger partial charge in [-0.2, -0.15) is 5.26 Å². The van der Waals surface area contributed by atoms with E-state index in [2.05, 4.69) is 27.0 Å². The summed E-state index contributed by atoms with van der Waals surface area (Å²) in [5.74, 6) is 1.49. The predicted octanol–water partition coefficient (Wildman–Crippen LogP) is 8.45. The molecule has 0 unspecified atom stereocenters. The van der Waals surface area contributed by atoms with Crippen molar-refractivity contribution in [3.8, 4) is 28.7 Å². The van der Waals surface area contributed by atoms with Gasteiger partial charge in [-0.25, -0.2) is 9.37 Å². The summed E-state index contributed by atoms with van der Waals surface area (Å²) in [6.45, 7) is 3.93. The van der Waals surface area contributed by atoms with Crippen molar-refractivity contribution in [1.82, 2.24) is 24.8 Å². The van der Waals surface area contributed by atoms with Gasteiger partial charge in [-0.05, 0) is 75.1 Å². The fourth-order valence-corrected chi connectivity index (χ4v) is 9.98. The number of ether oxygens (including phenoxy) is 2. The third kappa shape index (κ3) is 5.37. The lowest BCUT2D eigenvalue weighted by atomic mass is 9.79. The number of fused-ring (bicyclic) bond motifs is 5. The van der Waals surface area contributed by atoms with E-state index in [1.165, 1.54) is 0 Å². The van der Waals surface area contributed by atoms with Gasteiger partial charge in [0, 0.05) is 76.4 Å². The minimum absolute atomic E-state index is 0.0258. The highest BCUT2D eigenvalue weighted by molar-refractivity contribution is 6.43. The zero-order chi connectivity index (χ0) is 36.8. The van der Waals surface area contributed by atoms with Gasteiger partial charge in [0.25, 0.3) is 0 Å². The Balaban J connectivity index is 1.16. The molecule has 5 atom stereocenters. The Hall–Kier alpha value is -4.43. The molecule has 4 aliphatic heterocycles. The number of carbonyl (C=O) groups excluding carboxylic acids is 1. The van der Waals surface area contributed by atoms with Gasteiger partial charge in [0.1, 0.15) is 11.6 Å². The lowest BCUT2D eigenvalue weighted by molar-refractivity contribution is -0.133. The van der Waals surface area contributed by atoms with E-state index in [0.717, 1.165) is 66.6 Å². The van der Waals surface area contributed by atoms with Crippen molar-refractivity contribution < 1.29 is 18.7 Å². The normalized spacial score (nSPS) is 24.4. The Morgan fingerprint density at radius 1 is 1.19 bits per heavy atom. The molecular formula is C42H39Cl2FN6O3. The Morgan fingerprint density at radius 3 is 2.83 bits per heavy atom. The third-order valence-electron chi connectivity index (χ3n) is 12.3. The summed E-state index contributed by atoms with van der Waals surface area (Å²) in [4.78, 5) is 25.6. The van der Waals surface area contributed by atoms with Gasteiger partial charge in [-0.1, -0.05) is 35.3 Å². The Labute approximate surface area is 322 Å². The maximum atomic E-state index is 17.3. The molecule has 0 spiro atoms. The summed E-state index contributed by atoms with van der Waals surface area (Å²) in [7, 11) is 0. The smallest absolute Gasteiger partial charge is 0.226 e. The van der Waals surface area contributed by atoms with Crippen molar-refractivity contribution in [2.75, 3.05) is 19.7 Å². The molecule has 6 aliphatic rings. The number of aromatic nitrogens is 3. The Kier molecular flexibility index (Phi) is 8.27. The van der Waals surface area contributed by atoms with E-state index in [9.17, 15) is 10.1 Å². The average Bonchev–Trinajstić information content (AvgIpc) is 3.45. The zero-order valence-corrected chi connectivity index (χ0v) is 31.4. The summed E-state index contributed by atoms with van der Waals surface area (Å²) in [5, 5.41) is 15.5. The van der Waals surface area contributed by atoms with Crippen LogP contribution in [0, 0.1) is 35.9 Å². The van der Waals surface area contributed by atoms with Crippen LogP contribution in [0.4, 0.5) is 4.39 Å². The standard InChI is InChI=1S/C42H39Cl2FN6O3/c1-21-28-16-33(32-15-26(20-50(32)42(52)22-9-10-22)54-34-19-47-17-24-6-4-12-53-41(24)34)51(39-25-14-31(39)48-18-25)40(28)29-13-23(5-3-11-46)35(37(45)38(29)49-21)27-7-2-8-30(43)36(27)44/h2,7-8,13,16-17,19,22,25-26,31-32,39,48H,3-6,9-10,12,14-15,18,20H2,1H3/t25-,26+,31-,32-,39+/m1/s1. The van der Waals surface area contributed by atoms with Crippen LogP contribution >= 0.6 is 23.2 Å². The lowest BCUT2D eigenvalue weighted by Gasteiger charge is -2.39. The molecule has 2 saturated carbocycles. The lowest BCUT2D eigenvalue weighted by Crippen LogP contribution is -2.41. The first-order chi connectivity index (χ1) is 26.3. The molecule has 9 nitrogen and oxygen atoms in total. The molecule has 3 aromatic heterocycles. The van der Waals surface area contributed by atoms with E-state index in [4.69, 9.17) is 37.7 Å². The summed E-state index contributed by atoms with van der Waals surface area (Å²) < 4.78 is 32.4. The van der Waals surface area contributed by atoms with Crippen molar-refractivity contribution >= 4 is 50.9 Å². The molecule has 11 rings (SSSR count). The van der Waals surface area contributed by atoms with Crippen LogP contribution in [0.15, 0.2) is 42.7 Å². The van der Waals surface area contributed by atoms with Crippen molar-refractivity contribution in [2.24, 2.45) is 11.8 Å². The monoisotopic (exact) mass is 764 g/mol. The van der Waals surface area contributed by atoms with E-state index < -0.39 is 5.82 Å². The van der Waals surface area contributed by atoms with Gasteiger partial charge >= 0.3 is 0 Å². The number of hydrogen-bond donors (Lipinski definition) is 1. The summed E-state index contributed by atoms with van der Waals surface area (Å²) >= 11 is 13.1. The highest BCUT2D eigenvalue weighted by Gasteiger charge is 2.51. The number of halogens is 3. The molecule has 5 aromatic rings. The van der Waals surface area contributed by atoms with E-state index >= 15 is 4.39 Å². The van der Waals surface area contributed by atoms with Gasteiger partial charge in [-0.3, -0.25) is 9.78 Å². The van der Waals surface area contributed by atoms with E-state index in [1.807, 2.05) is 24.1 Å². The first-order valence-corrected chi connectivity index (χ1v) is 19.8. The van der Waals surface area contributed by atoms with Crippen molar-refractivity contribution in [2.45, 2.75) is 82.5 Å². The molecule has 2 aromatic carbocycles. The summed E-state index contributed by atoms with van der Waals surface area (Å²) in [5.41, 5.74) is 5.39. The number of aryl methyl sites for hydroxylation is 3. The molecule has 54 heavy (non-hydrogen) atoms. The average molecular weight is 766 g/mol. The number of amides is 1. The van der Waals surface area contributed by atoms with Gasteiger partial charge < -0.3 is 24.3 Å². The van der Waals surface area contributed by atoms with Crippen molar-refractivity contribution in [1.29, 1.82) is 5.26 Å². The fourth-order valence-electron chi connectivity index (χ4n) is 9.58. The maximum Gasteiger partial charge on any atom is 0.226 e. The van der Waals surface area contributed by atoms with Crippen LogP contribution < -0.4 is 14.8 Å². The molecule has 2 bridgehead atoms. The Morgan fingerprint density at radius 2 is 2.06 bits per heavy atom. The summed E-state index contributed by atoms with van der Waals surface area (Å²) in [6.07, 6.45) is 9.13. The van der Waals surface area contributed by atoms with Crippen LogP contribution in [-0.2, 0) is 17.6 Å². The molecule has 0 radical (unpaired) electrons. The number of benzene rings is 2.